The van der Waals surface area contributed by atoms with Crippen LogP contribution in [-0.2, 0) is 5.60 Å². The van der Waals surface area contributed by atoms with Gasteiger partial charge in [-0.05, 0) is 12.5 Å². The number of aliphatic hydroxyl groups is 1. The molecule has 0 aliphatic heterocycles. The Morgan fingerprint density at radius 1 is 0.905 bits per heavy atom. The predicted octanol–water partition coefficient (Wildman–Crippen LogP) is 2.99. The number of benzene rings is 2. The molecule has 1 unspecified atom stereocenters. The molecule has 0 bridgehead atoms. The van der Waals surface area contributed by atoms with Gasteiger partial charge in [0.1, 0.15) is 29.5 Å². The molecular weight excluding hydrogens is 268 g/mol. The first kappa shape index (κ1) is 15.2. The van der Waals surface area contributed by atoms with Crippen molar-refractivity contribution in [2.24, 2.45) is 0 Å². The second kappa shape index (κ2) is 6.50. The molecule has 2 aromatic carbocycles. The number of ether oxygens (including phenoxy) is 3. The number of methoxy groups -OCH3 is 2. The maximum Gasteiger partial charge on any atom is 0.126 e. The van der Waals surface area contributed by atoms with Crippen LogP contribution in [0, 0.1) is 0 Å². The van der Waals surface area contributed by atoms with E-state index in [0.717, 1.165) is 5.56 Å². The van der Waals surface area contributed by atoms with E-state index in [1.54, 1.807) is 39.3 Å². The largest absolute Gasteiger partial charge is 0.496 e. The Labute approximate surface area is 124 Å². The molecule has 0 saturated carbocycles. The minimum Gasteiger partial charge on any atom is -0.496 e. The molecule has 21 heavy (non-hydrogen) atoms. The third kappa shape index (κ3) is 3.89. The molecule has 0 saturated heterocycles. The highest BCUT2D eigenvalue weighted by Gasteiger charge is 2.24. The molecule has 0 heterocycles. The van der Waals surface area contributed by atoms with Crippen LogP contribution >= 0.6 is 0 Å². The minimum absolute atomic E-state index is 0.132. The average Bonchev–Trinajstić information content (AvgIpc) is 2.53. The summed E-state index contributed by atoms with van der Waals surface area (Å²) in [6, 6.07) is 14.7. The molecule has 0 radical (unpaired) electrons. The van der Waals surface area contributed by atoms with Crippen LogP contribution in [0.5, 0.6) is 17.2 Å². The van der Waals surface area contributed by atoms with E-state index < -0.39 is 5.60 Å². The van der Waals surface area contributed by atoms with E-state index >= 15 is 0 Å². The van der Waals surface area contributed by atoms with Crippen LogP contribution in [0.1, 0.15) is 12.5 Å². The zero-order chi connectivity index (χ0) is 15.3. The van der Waals surface area contributed by atoms with Crippen molar-refractivity contribution in [2.45, 2.75) is 12.5 Å². The van der Waals surface area contributed by atoms with E-state index in [9.17, 15) is 5.11 Å². The summed E-state index contributed by atoms with van der Waals surface area (Å²) in [5.41, 5.74) is -0.266. The van der Waals surface area contributed by atoms with Gasteiger partial charge in [0, 0.05) is 18.2 Å². The SMILES string of the molecule is COc1cc(OC)cc(OCC(C)(O)c2ccccc2)c1. The summed E-state index contributed by atoms with van der Waals surface area (Å²) in [5.74, 6) is 1.87. The van der Waals surface area contributed by atoms with Crippen LogP contribution in [0.4, 0.5) is 0 Å². The van der Waals surface area contributed by atoms with Crippen molar-refractivity contribution in [2.75, 3.05) is 20.8 Å². The van der Waals surface area contributed by atoms with Crippen molar-refractivity contribution in [3.8, 4) is 17.2 Å². The molecule has 2 aromatic rings. The second-order valence-electron chi connectivity index (χ2n) is 4.98. The lowest BCUT2D eigenvalue weighted by Crippen LogP contribution is -2.29. The third-order valence-corrected chi connectivity index (χ3v) is 3.24. The Hall–Kier alpha value is -2.20. The van der Waals surface area contributed by atoms with Crippen LogP contribution in [-0.4, -0.2) is 25.9 Å². The zero-order valence-electron chi connectivity index (χ0n) is 12.5. The smallest absolute Gasteiger partial charge is 0.126 e. The van der Waals surface area contributed by atoms with Crippen molar-refractivity contribution in [1.29, 1.82) is 0 Å². The Bertz CT molecular complexity index is 556. The topological polar surface area (TPSA) is 47.9 Å². The highest BCUT2D eigenvalue weighted by molar-refractivity contribution is 5.42. The summed E-state index contributed by atoms with van der Waals surface area (Å²) < 4.78 is 16.1. The van der Waals surface area contributed by atoms with Crippen LogP contribution in [0.3, 0.4) is 0 Å². The van der Waals surface area contributed by atoms with Crippen LogP contribution in [0.25, 0.3) is 0 Å². The molecule has 0 fully saturated rings. The van der Waals surface area contributed by atoms with E-state index in [2.05, 4.69) is 0 Å². The maximum absolute atomic E-state index is 10.5. The van der Waals surface area contributed by atoms with Gasteiger partial charge >= 0.3 is 0 Å². The quantitative estimate of drug-likeness (QED) is 0.887. The summed E-state index contributed by atoms with van der Waals surface area (Å²) in [4.78, 5) is 0. The van der Waals surface area contributed by atoms with Crippen molar-refractivity contribution < 1.29 is 19.3 Å². The first-order valence-electron chi connectivity index (χ1n) is 6.69. The summed E-state index contributed by atoms with van der Waals surface area (Å²) in [6.07, 6.45) is 0. The molecule has 0 spiro atoms. The van der Waals surface area contributed by atoms with Crippen molar-refractivity contribution in [3.05, 3.63) is 54.1 Å². The first-order chi connectivity index (χ1) is 10.0. The number of rotatable bonds is 6. The third-order valence-electron chi connectivity index (χ3n) is 3.24. The minimum atomic E-state index is -1.07. The maximum atomic E-state index is 10.5. The lowest BCUT2D eigenvalue weighted by molar-refractivity contribution is 0.00747. The molecule has 112 valence electrons. The van der Waals surface area contributed by atoms with Gasteiger partial charge in [-0.3, -0.25) is 0 Å². The van der Waals surface area contributed by atoms with E-state index in [0.29, 0.717) is 17.2 Å². The Morgan fingerprint density at radius 3 is 1.95 bits per heavy atom. The average molecular weight is 288 g/mol. The van der Waals surface area contributed by atoms with Crippen LogP contribution in [0.15, 0.2) is 48.5 Å². The summed E-state index contributed by atoms with van der Waals surface area (Å²) in [6.45, 7) is 1.85. The fourth-order valence-electron chi connectivity index (χ4n) is 1.97. The molecule has 4 heteroatoms. The van der Waals surface area contributed by atoms with Gasteiger partial charge in [-0.15, -0.1) is 0 Å². The lowest BCUT2D eigenvalue weighted by Gasteiger charge is -2.24. The molecule has 1 N–H and O–H groups in total. The Balaban J connectivity index is 2.12. The van der Waals surface area contributed by atoms with Gasteiger partial charge in [0.15, 0.2) is 0 Å². The first-order valence-corrected chi connectivity index (χ1v) is 6.69. The normalized spacial score (nSPS) is 13.3. The van der Waals surface area contributed by atoms with Gasteiger partial charge in [0.25, 0.3) is 0 Å². The van der Waals surface area contributed by atoms with Gasteiger partial charge in [0.2, 0.25) is 0 Å². The van der Waals surface area contributed by atoms with E-state index in [1.165, 1.54) is 0 Å². The summed E-state index contributed by atoms with van der Waals surface area (Å²) in [7, 11) is 3.16. The fraction of sp³-hybridized carbons (Fsp3) is 0.294. The van der Waals surface area contributed by atoms with E-state index in [-0.39, 0.29) is 6.61 Å². The van der Waals surface area contributed by atoms with Crippen LogP contribution in [0.2, 0.25) is 0 Å². The molecule has 4 nitrogen and oxygen atoms in total. The lowest BCUT2D eigenvalue weighted by atomic mass is 9.97. The number of hydrogen-bond donors (Lipinski definition) is 1. The van der Waals surface area contributed by atoms with Gasteiger partial charge in [-0.2, -0.15) is 0 Å². The fourth-order valence-corrected chi connectivity index (χ4v) is 1.97. The van der Waals surface area contributed by atoms with Crippen molar-refractivity contribution in [1.82, 2.24) is 0 Å². The number of hydrogen-bond acceptors (Lipinski definition) is 4. The molecular formula is C17H20O4. The van der Waals surface area contributed by atoms with Gasteiger partial charge in [0.05, 0.1) is 14.2 Å². The molecule has 0 aliphatic rings. The van der Waals surface area contributed by atoms with E-state index in [1.807, 2.05) is 30.3 Å². The monoisotopic (exact) mass is 288 g/mol. The molecule has 0 aliphatic carbocycles. The highest BCUT2D eigenvalue weighted by atomic mass is 16.5. The molecule has 2 rings (SSSR count). The summed E-state index contributed by atoms with van der Waals surface area (Å²) >= 11 is 0. The van der Waals surface area contributed by atoms with Crippen molar-refractivity contribution in [3.63, 3.8) is 0 Å². The zero-order valence-corrected chi connectivity index (χ0v) is 12.5. The van der Waals surface area contributed by atoms with E-state index in [4.69, 9.17) is 14.2 Å². The predicted molar refractivity (Wildman–Crippen MR) is 81.1 cm³/mol. The standard InChI is InChI=1S/C17H20O4/c1-17(18,13-7-5-4-6-8-13)12-21-16-10-14(19-2)9-15(11-16)20-3/h4-11,18H,12H2,1-3H3. The van der Waals surface area contributed by atoms with Gasteiger partial charge in [-0.25, -0.2) is 0 Å². The highest BCUT2D eigenvalue weighted by Crippen LogP contribution is 2.29. The Kier molecular flexibility index (Phi) is 4.70. The second-order valence-corrected chi connectivity index (χ2v) is 4.98. The Morgan fingerprint density at radius 2 is 1.43 bits per heavy atom. The molecule has 1 atom stereocenters. The van der Waals surface area contributed by atoms with Crippen LogP contribution < -0.4 is 14.2 Å². The molecule has 0 aromatic heterocycles. The summed E-state index contributed by atoms with van der Waals surface area (Å²) in [5, 5.41) is 10.5. The van der Waals surface area contributed by atoms with Gasteiger partial charge in [-0.1, -0.05) is 30.3 Å². The van der Waals surface area contributed by atoms with Crippen molar-refractivity contribution >= 4 is 0 Å². The molecule has 0 amide bonds. The van der Waals surface area contributed by atoms with Gasteiger partial charge < -0.3 is 19.3 Å².